The van der Waals surface area contributed by atoms with Crippen LogP contribution in [0.5, 0.6) is 0 Å². The summed E-state index contributed by atoms with van der Waals surface area (Å²) in [5.74, 6) is 1.49. The minimum atomic E-state index is 0.711. The second kappa shape index (κ2) is 3.74. The van der Waals surface area contributed by atoms with Crippen LogP contribution in [-0.2, 0) is 0 Å². The van der Waals surface area contributed by atoms with E-state index >= 15 is 0 Å². The van der Waals surface area contributed by atoms with Crippen LogP contribution >= 0.6 is 15.9 Å². The van der Waals surface area contributed by atoms with Gasteiger partial charge in [0.25, 0.3) is 0 Å². The molecule has 2 heterocycles. The average Bonchev–Trinajstić information content (AvgIpc) is 2.64. The van der Waals surface area contributed by atoms with Gasteiger partial charge in [0.2, 0.25) is 0 Å². The molecule has 0 bridgehead atoms. The summed E-state index contributed by atoms with van der Waals surface area (Å²) in [5.41, 5.74) is 4.36. The van der Waals surface area contributed by atoms with Crippen molar-refractivity contribution in [1.82, 2.24) is 5.32 Å². The minimum Gasteiger partial charge on any atom is -0.374 e. The van der Waals surface area contributed by atoms with Gasteiger partial charge in [0.1, 0.15) is 0 Å². The molecule has 2 nitrogen and oxygen atoms in total. The summed E-state index contributed by atoms with van der Waals surface area (Å²) < 4.78 is 1.21. The Morgan fingerprint density at radius 2 is 2.19 bits per heavy atom. The Labute approximate surface area is 105 Å². The maximum absolute atomic E-state index is 3.62. The van der Waals surface area contributed by atoms with E-state index in [-0.39, 0.29) is 0 Å². The standard InChI is InChI=1S/C13H17BrN2/c1-8-3-10(14)4-11-12-6-15-5-9(12)7-16(2)13(8)11/h3-4,9,12,15H,5-7H2,1-2H3/t9-,12-/m1/s1. The maximum atomic E-state index is 3.62. The first-order valence-electron chi connectivity index (χ1n) is 5.88. The van der Waals surface area contributed by atoms with E-state index in [0.29, 0.717) is 5.92 Å². The van der Waals surface area contributed by atoms with Crippen molar-refractivity contribution in [3.63, 3.8) is 0 Å². The molecule has 2 aliphatic heterocycles. The molecule has 0 amide bonds. The lowest BCUT2D eigenvalue weighted by molar-refractivity contribution is 0.495. The molecular formula is C13H17BrN2. The number of halogens is 1. The van der Waals surface area contributed by atoms with Gasteiger partial charge in [-0.2, -0.15) is 0 Å². The lowest BCUT2D eigenvalue weighted by Gasteiger charge is -2.37. The molecular weight excluding hydrogens is 264 g/mol. The van der Waals surface area contributed by atoms with E-state index in [2.05, 4.69) is 52.3 Å². The third-order valence-corrected chi connectivity index (χ3v) is 4.38. The summed E-state index contributed by atoms with van der Waals surface area (Å²) in [5, 5.41) is 3.52. The van der Waals surface area contributed by atoms with Crippen LogP contribution < -0.4 is 10.2 Å². The van der Waals surface area contributed by atoms with E-state index in [1.807, 2.05) is 0 Å². The highest BCUT2D eigenvalue weighted by molar-refractivity contribution is 9.10. The van der Waals surface area contributed by atoms with Crippen molar-refractivity contribution in [3.8, 4) is 0 Å². The molecule has 2 aliphatic rings. The molecule has 1 fully saturated rings. The fourth-order valence-electron chi connectivity index (χ4n) is 3.30. The van der Waals surface area contributed by atoms with Crippen LogP contribution in [0.3, 0.4) is 0 Å². The molecule has 2 atom stereocenters. The van der Waals surface area contributed by atoms with E-state index < -0.39 is 0 Å². The molecule has 0 aromatic heterocycles. The molecule has 1 N–H and O–H groups in total. The van der Waals surface area contributed by atoms with Crippen molar-refractivity contribution >= 4 is 21.6 Å². The first-order valence-corrected chi connectivity index (χ1v) is 6.68. The predicted molar refractivity (Wildman–Crippen MR) is 71.2 cm³/mol. The number of nitrogens with zero attached hydrogens (tertiary/aromatic N) is 1. The van der Waals surface area contributed by atoms with Crippen molar-refractivity contribution in [1.29, 1.82) is 0 Å². The van der Waals surface area contributed by atoms with Gasteiger partial charge >= 0.3 is 0 Å². The highest BCUT2D eigenvalue weighted by Gasteiger charge is 2.36. The predicted octanol–water partition coefficient (Wildman–Crippen LogP) is 2.51. The largest absolute Gasteiger partial charge is 0.374 e. The number of anilines is 1. The third kappa shape index (κ3) is 1.49. The lowest BCUT2D eigenvalue weighted by atomic mass is 9.83. The van der Waals surface area contributed by atoms with E-state index in [1.54, 1.807) is 0 Å². The Hall–Kier alpha value is -0.540. The maximum Gasteiger partial charge on any atom is 0.0430 e. The van der Waals surface area contributed by atoms with E-state index in [0.717, 1.165) is 12.5 Å². The number of hydrogen-bond acceptors (Lipinski definition) is 2. The Bertz CT molecular complexity index is 430. The number of nitrogens with one attached hydrogen (secondary N) is 1. The van der Waals surface area contributed by atoms with Crippen molar-refractivity contribution in [3.05, 3.63) is 27.7 Å². The zero-order valence-electron chi connectivity index (χ0n) is 9.76. The quantitative estimate of drug-likeness (QED) is 0.786. The van der Waals surface area contributed by atoms with Crippen molar-refractivity contribution in [2.24, 2.45) is 5.92 Å². The number of rotatable bonds is 0. The van der Waals surface area contributed by atoms with E-state index in [1.165, 1.54) is 34.4 Å². The molecule has 0 radical (unpaired) electrons. The molecule has 0 spiro atoms. The van der Waals surface area contributed by atoms with Gasteiger partial charge in [-0.05, 0) is 36.1 Å². The third-order valence-electron chi connectivity index (χ3n) is 3.92. The van der Waals surface area contributed by atoms with E-state index in [9.17, 15) is 0 Å². The van der Waals surface area contributed by atoms with Crippen LogP contribution in [0.25, 0.3) is 0 Å². The molecule has 0 saturated carbocycles. The molecule has 0 unspecified atom stereocenters. The highest BCUT2D eigenvalue weighted by atomic mass is 79.9. The summed E-state index contributed by atoms with van der Waals surface area (Å²) in [4.78, 5) is 2.42. The van der Waals surface area contributed by atoms with Crippen molar-refractivity contribution in [2.45, 2.75) is 12.8 Å². The number of benzene rings is 1. The van der Waals surface area contributed by atoms with Gasteiger partial charge in [-0.25, -0.2) is 0 Å². The minimum absolute atomic E-state index is 0.711. The van der Waals surface area contributed by atoms with Crippen LogP contribution in [0.1, 0.15) is 17.0 Å². The summed E-state index contributed by atoms with van der Waals surface area (Å²) in [6, 6.07) is 4.53. The van der Waals surface area contributed by atoms with Crippen LogP contribution in [-0.4, -0.2) is 26.7 Å². The molecule has 1 saturated heterocycles. The Kier molecular flexibility index (Phi) is 2.48. The van der Waals surface area contributed by atoms with Gasteiger partial charge in [0.15, 0.2) is 0 Å². The second-order valence-electron chi connectivity index (χ2n) is 5.07. The zero-order chi connectivity index (χ0) is 11.3. The fourth-order valence-corrected chi connectivity index (χ4v) is 3.89. The fraction of sp³-hybridized carbons (Fsp3) is 0.538. The molecule has 16 heavy (non-hydrogen) atoms. The van der Waals surface area contributed by atoms with Gasteiger partial charge in [0, 0.05) is 42.8 Å². The molecule has 3 rings (SSSR count). The lowest BCUT2D eigenvalue weighted by Crippen LogP contribution is -2.35. The SMILES string of the molecule is Cc1cc(Br)cc2c1N(C)C[C@H]1CNC[C@@H]21. The normalized spacial score (nSPS) is 27.8. The topological polar surface area (TPSA) is 15.3 Å². The molecule has 1 aromatic carbocycles. The van der Waals surface area contributed by atoms with Gasteiger partial charge < -0.3 is 10.2 Å². The van der Waals surface area contributed by atoms with Gasteiger partial charge in [-0.1, -0.05) is 15.9 Å². The first kappa shape index (κ1) is 10.6. The summed E-state index contributed by atoms with van der Waals surface area (Å²) >= 11 is 3.62. The first-order chi connectivity index (χ1) is 7.66. The molecule has 3 heteroatoms. The highest BCUT2D eigenvalue weighted by Crippen LogP contribution is 2.42. The smallest absolute Gasteiger partial charge is 0.0430 e. The zero-order valence-corrected chi connectivity index (χ0v) is 11.3. The van der Waals surface area contributed by atoms with Gasteiger partial charge in [-0.15, -0.1) is 0 Å². The molecule has 1 aromatic rings. The Morgan fingerprint density at radius 3 is 3.00 bits per heavy atom. The van der Waals surface area contributed by atoms with Gasteiger partial charge in [-0.3, -0.25) is 0 Å². The van der Waals surface area contributed by atoms with Crippen LogP contribution in [0, 0.1) is 12.8 Å². The summed E-state index contributed by atoms with van der Waals surface area (Å²) in [6.45, 7) is 5.71. The summed E-state index contributed by atoms with van der Waals surface area (Å²) in [7, 11) is 2.22. The summed E-state index contributed by atoms with van der Waals surface area (Å²) in [6.07, 6.45) is 0. The average molecular weight is 281 g/mol. The van der Waals surface area contributed by atoms with Crippen molar-refractivity contribution < 1.29 is 0 Å². The molecule has 86 valence electrons. The Morgan fingerprint density at radius 1 is 1.38 bits per heavy atom. The molecule has 0 aliphatic carbocycles. The van der Waals surface area contributed by atoms with E-state index in [4.69, 9.17) is 0 Å². The monoisotopic (exact) mass is 280 g/mol. The number of fused-ring (bicyclic) bond motifs is 3. The van der Waals surface area contributed by atoms with Crippen LogP contribution in [0.15, 0.2) is 16.6 Å². The Balaban J connectivity index is 2.16. The van der Waals surface area contributed by atoms with Crippen LogP contribution in [0.4, 0.5) is 5.69 Å². The number of aryl methyl sites for hydroxylation is 1. The van der Waals surface area contributed by atoms with Crippen molar-refractivity contribution in [2.75, 3.05) is 31.6 Å². The second-order valence-corrected chi connectivity index (χ2v) is 5.98. The van der Waals surface area contributed by atoms with Gasteiger partial charge in [0.05, 0.1) is 0 Å². The number of hydrogen-bond donors (Lipinski definition) is 1. The van der Waals surface area contributed by atoms with Crippen LogP contribution in [0.2, 0.25) is 0 Å².